The number of ether oxygens (including phenoxy) is 1. The molecule has 30 heavy (non-hydrogen) atoms. The zero-order valence-electron chi connectivity index (χ0n) is 16.8. The average Bonchev–Trinajstić information content (AvgIpc) is 3.30. The molecule has 3 aromatic rings. The number of nitrogens with zero attached hydrogens (tertiary/aromatic N) is 6. The van der Waals surface area contributed by atoms with Gasteiger partial charge in [-0.3, -0.25) is 4.79 Å². The molecule has 0 aliphatic heterocycles. The van der Waals surface area contributed by atoms with Crippen LogP contribution in [0.5, 0.6) is 0 Å². The molecule has 0 atom stereocenters. The van der Waals surface area contributed by atoms with Gasteiger partial charge in [0.05, 0.1) is 48.8 Å². The van der Waals surface area contributed by atoms with Gasteiger partial charge in [-0.2, -0.15) is 10.1 Å². The highest BCUT2D eigenvalue weighted by molar-refractivity contribution is 6.32. The minimum absolute atomic E-state index is 0.237. The lowest BCUT2D eigenvalue weighted by atomic mass is 10.2. The molecule has 2 N–H and O–H groups in total. The maximum Gasteiger partial charge on any atom is 0.255 e. The van der Waals surface area contributed by atoms with Gasteiger partial charge in [0.1, 0.15) is 5.02 Å². The number of nitrogens with one attached hydrogen (secondary N) is 2. The van der Waals surface area contributed by atoms with E-state index in [2.05, 4.69) is 30.7 Å². The number of carbonyl (C=O) groups is 1. The van der Waals surface area contributed by atoms with Crippen molar-refractivity contribution in [3.05, 3.63) is 46.9 Å². The fourth-order valence-corrected chi connectivity index (χ4v) is 3.12. The van der Waals surface area contributed by atoms with Crippen LogP contribution in [0.2, 0.25) is 5.02 Å². The third-order valence-electron chi connectivity index (χ3n) is 4.84. The van der Waals surface area contributed by atoms with Crippen LogP contribution in [0.25, 0.3) is 5.95 Å². The maximum absolute atomic E-state index is 12.8. The van der Waals surface area contributed by atoms with E-state index in [-0.39, 0.29) is 5.91 Å². The molecule has 3 heterocycles. The Morgan fingerprint density at radius 3 is 2.87 bits per heavy atom. The summed E-state index contributed by atoms with van der Waals surface area (Å²) in [6, 6.07) is 0.393. The number of anilines is 1. The highest BCUT2D eigenvalue weighted by atomic mass is 35.5. The first-order chi connectivity index (χ1) is 14.6. The van der Waals surface area contributed by atoms with Crippen molar-refractivity contribution in [2.75, 3.05) is 19.0 Å². The van der Waals surface area contributed by atoms with Gasteiger partial charge < -0.3 is 19.9 Å². The molecular formula is C19H23ClN8O2. The van der Waals surface area contributed by atoms with Crippen molar-refractivity contribution < 1.29 is 9.53 Å². The summed E-state index contributed by atoms with van der Waals surface area (Å²) in [5.74, 6) is 0.678. The number of rotatable bonds is 9. The SMILES string of the molecule is COCCc1c(C(=O)NCc2cncn2C)cnn1-c1ncc(Cl)c(NC2CC2)n1. The van der Waals surface area contributed by atoms with Gasteiger partial charge in [-0.25, -0.2) is 14.6 Å². The van der Waals surface area contributed by atoms with Gasteiger partial charge in [0.15, 0.2) is 5.82 Å². The number of imidazole rings is 1. The highest BCUT2D eigenvalue weighted by Crippen LogP contribution is 2.28. The van der Waals surface area contributed by atoms with Crippen molar-refractivity contribution in [1.29, 1.82) is 0 Å². The summed E-state index contributed by atoms with van der Waals surface area (Å²) in [5.41, 5.74) is 2.01. The van der Waals surface area contributed by atoms with Crippen LogP contribution in [0.4, 0.5) is 5.82 Å². The van der Waals surface area contributed by atoms with Crippen LogP contribution < -0.4 is 10.6 Å². The predicted octanol–water partition coefficient (Wildman–Crippen LogP) is 1.74. The van der Waals surface area contributed by atoms with Gasteiger partial charge in [0, 0.05) is 32.8 Å². The van der Waals surface area contributed by atoms with Gasteiger partial charge in [-0.15, -0.1) is 0 Å². The second-order valence-corrected chi connectivity index (χ2v) is 7.53. The van der Waals surface area contributed by atoms with Crippen LogP contribution in [-0.4, -0.2) is 55.0 Å². The smallest absolute Gasteiger partial charge is 0.255 e. The fraction of sp³-hybridized carbons (Fsp3) is 0.421. The summed E-state index contributed by atoms with van der Waals surface area (Å²) in [7, 11) is 3.49. The molecule has 4 rings (SSSR count). The van der Waals surface area contributed by atoms with Crippen LogP contribution in [0.3, 0.4) is 0 Å². The normalized spacial score (nSPS) is 13.4. The zero-order chi connectivity index (χ0) is 21.1. The Kier molecular flexibility index (Phi) is 5.96. The number of hydrogen-bond donors (Lipinski definition) is 2. The second-order valence-electron chi connectivity index (χ2n) is 7.12. The number of carbonyl (C=O) groups excluding carboxylic acids is 1. The molecule has 10 nitrogen and oxygen atoms in total. The van der Waals surface area contributed by atoms with Crippen LogP contribution >= 0.6 is 11.6 Å². The van der Waals surface area contributed by atoms with Crippen LogP contribution in [-0.2, 0) is 24.8 Å². The average molecular weight is 431 g/mol. The van der Waals surface area contributed by atoms with Crippen molar-refractivity contribution >= 4 is 23.3 Å². The van der Waals surface area contributed by atoms with Gasteiger partial charge in [-0.05, 0) is 12.8 Å². The molecule has 11 heteroatoms. The minimum atomic E-state index is -0.237. The molecule has 0 aromatic carbocycles. The summed E-state index contributed by atoms with van der Waals surface area (Å²) in [6.45, 7) is 0.783. The van der Waals surface area contributed by atoms with E-state index < -0.39 is 0 Å². The van der Waals surface area contributed by atoms with Crippen molar-refractivity contribution in [3.63, 3.8) is 0 Å². The first-order valence-electron chi connectivity index (χ1n) is 9.65. The summed E-state index contributed by atoms with van der Waals surface area (Å²) < 4.78 is 8.63. The van der Waals surface area contributed by atoms with Crippen molar-refractivity contribution in [3.8, 4) is 5.95 Å². The van der Waals surface area contributed by atoms with E-state index in [0.29, 0.717) is 53.7 Å². The summed E-state index contributed by atoms with van der Waals surface area (Å²) in [4.78, 5) is 25.7. The number of aryl methyl sites for hydroxylation is 1. The standard InChI is InChI=1S/C19H23ClN8O2/c1-27-11-21-7-13(27)8-22-18(29)14-9-24-28(16(14)5-6-30-2)19-23-10-15(20)17(26-19)25-12-3-4-12/h7,9-12H,3-6,8H2,1-2H3,(H,22,29)(H,23,25,26). The third kappa shape index (κ3) is 4.44. The Hall–Kier alpha value is -2.98. The molecule has 1 saturated carbocycles. The van der Waals surface area contributed by atoms with Gasteiger partial charge in [-0.1, -0.05) is 11.6 Å². The number of hydrogen-bond acceptors (Lipinski definition) is 7. The van der Waals surface area contributed by atoms with E-state index in [9.17, 15) is 4.79 Å². The number of methoxy groups -OCH3 is 1. The Balaban J connectivity index is 1.60. The lowest BCUT2D eigenvalue weighted by Gasteiger charge is -2.11. The highest BCUT2D eigenvalue weighted by Gasteiger charge is 2.24. The molecule has 0 unspecified atom stereocenters. The monoisotopic (exact) mass is 430 g/mol. The topological polar surface area (TPSA) is 112 Å². The van der Waals surface area contributed by atoms with E-state index >= 15 is 0 Å². The number of halogens is 1. The lowest BCUT2D eigenvalue weighted by molar-refractivity contribution is 0.0948. The zero-order valence-corrected chi connectivity index (χ0v) is 17.6. The van der Waals surface area contributed by atoms with Crippen LogP contribution in [0.15, 0.2) is 24.9 Å². The van der Waals surface area contributed by atoms with E-state index in [0.717, 1.165) is 18.5 Å². The van der Waals surface area contributed by atoms with Gasteiger partial charge in [0.25, 0.3) is 11.9 Å². The Labute approximate surface area is 178 Å². The minimum Gasteiger partial charge on any atom is -0.384 e. The maximum atomic E-state index is 12.8. The Morgan fingerprint density at radius 2 is 2.17 bits per heavy atom. The largest absolute Gasteiger partial charge is 0.384 e. The first kappa shape index (κ1) is 20.3. The fourth-order valence-electron chi connectivity index (χ4n) is 2.98. The van der Waals surface area contributed by atoms with Crippen molar-refractivity contribution in [2.24, 2.45) is 7.05 Å². The quantitative estimate of drug-likeness (QED) is 0.531. The third-order valence-corrected chi connectivity index (χ3v) is 5.12. The van der Waals surface area contributed by atoms with Gasteiger partial charge in [0.2, 0.25) is 0 Å². The summed E-state index contributed by atoms with van der Waals surface area (Å²) in [6.07, 6.45) is 9.13. The second kappa shape index (κ2) is 8.80. The molecular weight excluding hydrogens is 408 g/mol. The molecule has 3 aromatic heterocycles. The molecule has 0 radical (unpaired) electrons. The van der Waals surface area contributed by atoms with Crippen molar-refractivity contribution in [1.82, 2.24) is 34.6 Å². The molecule has 1 amide bonds. The molecule has 1 aliphatic rings. The number of amides is 1. The predicted molar refractivity (Wildman–Crippen MR) is 111 cm³/mol. The lowest BCUT2D eigenvalue weighted by Crippen LogP contribution is -2.25. The molecule has 0 bridgehead atoms. The molecule has 0 spiro atoms. The summed E-state index contributed by atoms with van der Waals surface area (Å²) in [5, 5.41) is 11.0. The molecule has 158 valence electrons. The molecule has 1 fully saturated rings. The van der Waals surface area contributed by atoms with E-state index in [4.69, 9.17) is 16.3 Å². The van der Waals surface area contributed by atoms with E-state index in [1.54, 1.807) is 30.5 Å². The van der Waals surface area contributed by atoms with Gasteiger partial charge >= 0.3 is 0 Å². The molecule has 0 saturated heterocycles. The Bertz CT molecular complexity index is 1040. The summed E-state index contributed by atoms with van der Waals surface area (Å²) >= 11 is 6.23. The Morgan fingerprint density at radius 1 is 1.33 bits per heavy atom. The first-order valence-corrected chi connectivity index (χ1v) is 10.0. The number of aromatic nitrogens is 6. The molecule has 1 aliphatic carbocycles. The van der Waals surface area contributed by atoms with Crippen molar-refractivity contribution in [2.45, 2.75) is 31.8 Å². The van der Waals surface area contributed by atoms with E-state index in [1.165, 1.54) is 6.20 Å². The van der Waals surface area contributed by atoms with E-state index in [1.807, 2.05) is 11.6 Å². The van der Waals surface area contributed by atoms with Crippen LogP contribution in [0, 0.1) is 0 Å². The van der Waals surface area contributed by atoms with Crippen LogP contribution in [0.1, 0.15) is 34.6 Å².